The summed E-state index contributed by atoms with van der Waals surface area (Å²) in [5.74, 6) is -2.61. The van der Waals surface area contributed by atoms with Crippen molar-refractivity contribution in [2.24, 2.45) is 11.0 Å². The minimum Gasteiger partial charge on any atom is -0.301 e. The number of aryl methyl sites for hydroxylation is 1. The maximum atomic E-state index is 12.9. The highest BCUT2D eigenvalue weighted by molar-refractivity contribution is 8.01. The van der Waals surface area contributed by atoms with E-state index >= 15 is 0 Å². The fourth-order valence-electron chi connectivity index (χ4n) is 2.92. The Bertz CT molecular complexity index is 1210. The molecule has 2 aromatic carbocycles. The van der Waals surface area contributed by atoms with Gasteiger partial charge in [0.1, 0.15) is 0 Å². The monoisotopic (exact) mass is 483 g/mol. The lowest BCUT2D eigenvalue weighted by atomic mass is 10.1. The molecule has 3 aromatic rings. The van der Waals surface area contributed by atoms with E-state index in [1.807, 2.05) is 43.3 Å². The van der Waals surface area contributed by atoms with Gasteiger partial charge in [0, 0.05) is 6.21 Å². The van der Waals surface area contributed by atoms with Crippen molar-refractivity contribution in [2.45, 2.75) is 11.3 Å². The summed E-state index contributed by atoms with van der Waals surface area (Å²) in [5, 5.41) is 6.32. The van der Waals surface area contributed by atoms with Gasteiger partial charge < -0.3 is 5.32 Å². The molecule has 1 fully saturated rings. The number of thiazole rings is 1. The number of amides is 3. The molecule has 0 saturated carbocycles. The van der Waals surface area contributed by atoms with Gasteiger partial charge in [-0.1, -0.05) is 41.6 Å². The quantitative estimate of drug-likeness (QED) is 0.184. The molecule has 0 spiro atoms. The Balaban J connectivity index is 1.36. The highest BCUT2D eigenvalue weighted by atomic mass is 32.2. The number of thioether (sulfide) groups is 1. The number of thiocarbonyl (C=S) groups is 1. The van der Waals surface area contributed by atoms with Crippen LogP contribution in [0.5, 0.6) is 0 Å². The zero-order valence-corrected chi connectivity index (χ0v) is 19.2. The molecule has 2 heterocycles. The molecule has 4 rings (SSSR count). The van der Waals surface area contributed by atoms with Crippen molar-refractivity contribution in [1.29, 1.82) is 0 Å². The molecule has 3 amide bonds. The van der Waals surface area contributed by atoms with Crippen molar-refractivity contribution >= 4 is 80.3 Å². The highest BCUT2D eigenvalue weighted by Gasteiger charge is 2.38. The number of rotatable bonds is 6. The fourth-order valence-corrected chi connectivity index (χ4v) is 5.07. The minimum atomic E-state index is -1.21. The molecule has 0 unspecified atom stereocenters. The largest absolute Gasteiger partial charge is 0.301 e. The van der Waals surface area contributed by atoms with Crippen LogP contribution in [0, 0.1) is 12.8 Å². The van der Waals surface area contributed by atoms with Gasteiger partial charge in [-0.2, -0.15) is 5.10 Å². The normalized spacial score (nSPS) is 16.6. The smallest absolute Gasteiger partial charge is 0.251 e. The van der Waals surface area contributed by atoms with E-state index in [1.54, 1.807) is 12.1 Å². The Hall–Kier alpha value is -3.15. The number of carbonyl (C=O) groups is 3. The number of hydrazone groups is 1. The zero-order valence-electron chi connectivity index (χ0n) is 16.8. The van der Waals surface area contributed by atoms with E-state index < -0.39 is 17.7 Å². The zero-order chi connectivity index (χ0) is 22.7. The summed E-state index contributed by atoms with van der Waals surface area (Å²) in [4.78, 5) is 42.9. The van der Waals surface area contributed by atoms with E-state index in [4.69, 9.17) is 12.2 Å². The second kappa shape index (κ2) is 9.55. The molecular formula is C21H17N5O3S3. The van der Waals surface area contributed by atoms with Crippen LogP contribution in [0.2, 0.25) is 0 Å². The number of aromatic nitrogens is 1. The van der Waals surface area contributed by atoms with Gasteiger partial charge in [0.25, 0.3) is 5.91 Å². The molecule has 2 N–H and O–H groups in total. The minimum absolute atomic E-state index is 0.00442. The Labute approximate surface area is 197 Å². The molecule has 1 atom stereocenters. The molecule has 0 radical (unpaired) electrons. The number of para-hydroxylation sites is 1. The topological polar surface area (TPSA) is 104 Å². The molecule has 0 bridgehead atoms. The number of benzene rings is 2. The van der Waals surface area contributed by atoms with Crippen LogP contribution in [0.3, 0.4) is 0 Å². The standard InChI is InChI=1S/C21H17N5O3S3/c1-12-6-8-13(9-7-12)26-19(29)14(18(28)24-20(26)30)10-22-25-17(27)11-31-21-23-15-4-2-3-5-16(15)32-21/h2-10,14H,11H2,1H3,(H,25,27)(H,24,28,30)/b22-10-/t14-/m1/s1. The molecule has 32 heavy (non-hydrogen) atoms. The van der Waals surface area contributed by atoms with Crippen LogP contribution < -0.4 is 15.6 Å². The third-order valence-corrected chi connectivity index (χ3v) is 6.97. The third-order valence-electron chi connectivity index (χ3n) is 4.51. The molecule has 1 saturated heterocycles. The van der Waals surface area contributed by atoms with Gasteiger partial charge in [0.05, 0.1) is 21.7 Å². The lowest BCUT2D eigenvalue weighted by Crippen LogP contribution is -2.58. The van der Waals surface area contributed by atoms with E-state index in [9.17, 15) is 14.4 Å². The van der Waals surface area contributed by atoms with Gasteiger partial charge >= 0.3 is 0 Å². The van der Waals surface area contributed by atoms with Crippen LogP contribution in [-0.4, -0.2) is 39.8 Å². The van der Waals surface area contributed by atoms with Crippen molar-refractivity contribution in [3.05, 3.63) is 54.1 Å². The predicted molar refractivity (Wildman–Crippen MR) is 130 cm³/mol. The molecule has 1 aliphatic rings. The van der Waals surface area contributed by atoms with Crippen LogP contribution in [-0.2, 0) is 14.4 Å². The first kappa shape index (κ1) is 22.1. The highest BCUT2D eigenvalue weighted by Crippen LogP contribution is 2.29. The SMILES string of the molecule is Cc1ccc(N2C(=O)[C@H](/C=N\NC(=O)CSc3nc4ccccc4s3)C(=O)NC2=S)cc1. The van der Waals surface area contributed by atoms with Crippen LogP contribution >= 0.6 is 35.3 Å². The van der Waals surface area contributed by atoms with E-state index in [-0.39, 0.29) is 16.8 Å². The summed E-state index contributed by atoms with van der Waals surface area (Å²) in [7, 11) is 0. The molecule has 0 aliphatic carbocycles. The average Bonchev–Trinajstić information content (AvgIpc) is 3.19. The molecule has 1 aliphatic heterocycles. The van der Waals surface area contributed by atoms with Crippen LogP contribution in [0.15, 0.2) is 58.0 Å². The van der Waals surface area contributed by atoms with E-state index in [0.717, 1.165) is 26.3 Å². The Morgan fingerprint density at radius 1 is 1.28 bits per heavy atom. The van der Waals surface area contributed by atoms with Crippen molar-refractivity contribution in [3.63, 3.8) is 0 Å². The van der Waals surface area contributed by atoms with E-state index in [1.165, 1.54) is 28.0 Å². The van der Waals surface area contributed by atoms with Gasteiger partial charge in [-0.3, -0.25) is 19.3 Å². The summed E-state index contributed by atoms with van der Waals surface area (Å²) < 4.78 is 1.82. The number of fused-ring (bicyclic) bond motifs is 1. The summed E-state index contributed by atoms with van der Waals surface area (Å²) in [6.07, 6.45) is 1.11. The van der Waals surface area contributed by atoms with E-state index in [2.05, 4.69) is 20.8 Å². The number of carbonyl (C=O) groups excluding carboxylic acids is 3. The number of anilines is 1. The second-order valence-corrected chi connectivity index (χ2v) is 9.47. The first-order valence-corrected chi connectivity index (χ1v) is 11.7. The summed E-state index contributed by atoms with van der Waals surface area (Å²) >= 11 is 7.95. The lowest BCUT2D eigenvalue weighted by molar-refractivity contribution is -0.130. The van der Waals surface area contributed by atoms with Crippen molar-refractivity contribution < 1.29 is 14.4 Å². The molecule has 162 valence electrons. The van der Waals surface area contributed by atoms with Gasteiger partial charge in [0.2, 0.25) is 11.8 Å². The molecule has 8 nitrogen and oxygen atoms in total. The average molecular weight is 484 g/mol. The second-order valence-electron chi connectivity index (χ2n) is 6.83. The lowest BCUT2D eigenvalue weighted by Gasteiger charge is -2.30. The van der Waals surface area contributed by atoms with Gasteiger partial charge in [-0.25, -0.2) is 10.4 Å². The Kier molecular flexibility index (Phi) is 6.58. The fraction of sp³-hybridized carbons (Fsp3) is 0.143. The maximum absolute atomic E-state index is 12.9. The first-order valence-electron chi connectivity index (χ1n) is 9.48. The van der Waals surface area contributed by atoms with Crippen LogP contribution in [0.1, 0.15) is 5.56 Å². The van der Waals surface area contributed by atoms with Gasteiger partial charge in [0.15, 0.2) is 15.4 Å². The van der Waals surface area contributed by atoms with Gasteiger partial charge in [-0.15, -0.1) is 11.3 Å². The number of hydrogen-bond donors (Lipinski definition) is 2. The molecule has 1 aromatic heterocycles. The number of nitrogens with zero attached hydrogens (tertiary/aromatic N) is 3. The summed E-state index contributed by atoms with van der Waals surface area (Å²) in [5.41, 5.74) is 4.80. The van der Waals surface area contributed by atoms with Crippen molar-refractivity contribution in [2.75, 3.05) is 10.7 Å². The number of nitrogens with one attached hydrogen (secondary N) is 2. The Morgan fingerprint density at radius 3 is 2.78 bits per heavy atom. The van der Waals surface area contributed by atoms with Crippen molar-refractivity contribution in [3.8, 4) is 0 Å². The third kappa shape index (κ3) is 4.85. The predicted octanol–water partition coefficient (Wildman–Crippen LogP) is 2.86. The first-order chi connectivity index (χ1) is 15.4. The maximum Gasteiger partial charge on any atom is 0.251 e. The molecular weight excluding hydrogens is 466 g/mol. The Morgan fingerprint density at radius 2 is 2.03 bits per heavy atom. The van der Waals surface area contributed by atoms with Crippen LogP contribution in [0.4, 0.5) is 5.69 Å². The molecule has 11 heteroatoms. The van der Waals surface area contributed by atoms with Crippen LogP contribution in [0.25, 0.3) is 10.2 Å². The number of hydrogen-bond acceptors (Lipinski definition) is 8. The summed E-state index contributed by atoms with van der Waals surface area (Å²) in [6, 6.07) is 14.9. The van der Waals surface area contributed by atoms with E-state index in [0.29, 0.717) is 5.69 Å². The van der Waals surface area contributed by atoms with Crippen molar-refractivity contribution in [1.82, 2.24) is 15.7 Å². The van der Waals surface area contributed by atoms with Gasteiger partial charge in [-0.05, 0) is 43.4 Å². The summed E-state index contributed by atoms with van der Waals surface area (Å²) in [6.45, 7) is 1.93.